The first-order valence-electron chi connectivity index (χ1n) is 7.25. The summed E-state index contributed by atoms with van der Waals surface area (Å²) in [7, 11) is 1.70. The predicted octanol–water partition coefficient (Wildman–Crippen LogP) is 1.05. The van der Waals surface area contributed by atoms with E-state index >= 15 is 0 Å². The number of amides is 1. The number of hydrogen-bond acceptors (Lipinski definition) is 4. The molecule has 0 aromatic carbocycles. The second-order valence-corrected chi connectivity index (χ2v) is 6.40. The van der Waals surface area contributed by atoms with E-state index in [0.29, 0.717) is 12.5 Å². The summed E-state index contributed by atoms with van der Waals surface area (Å²) in [5, 5.41) is 7.28. The van der Waals surface area contributed by atoms with Crippen LogP contribution in [0, 0.1) is 13.8 Å². The topological polar surface area (TPSA) is 69.6 Å². The first-order valence-corrected chi connectivity index (χ1v) is 8.07. The molecule has 1 aliphatic heterocycles. The highest BCUT2D eigenvalue weighted by Crippen LogP contribution is 2.15. The van der Waals surface area contributed by atoms with E-state index in [-0.39, 0.29) is 12.5 Å². The Morgan fingerprint density at radius 2 is 2.05 bits per heavy atom. The predicted molar refractivity (Wildman–Crippen MR) is 85.6 cm³/mol. The van der Waals surface area contributed by atoms with Crippen LogP contribution in [0.15, 0.2) is 4.99 Å². The average Bonchev–Trinajstić information content (AvgIpc) is 3.10. The van der Waals surface area contributed by atoms with Crippen LogP contribution in [0.5, 0.6) is 0 Å². The van der Waals surface area contributed by atoms with E-state index in [2.05, 4.69) is 27.5 Å². The molecule has 1 aromatic rings. The second-order valence-electron chi connectivity index (χ2n) is 5.12. The van der Waals surface area contributed by atoms with Crippen molar-refractivity contribution in [2.75, 3.05) is 26.7 Å². The molecule has 116 valence electrons. The summed E-state index contributed by atoms with van der Waals surface area (Å²) in [6.07, 6.45) is 2.23. The molecule has 0 aliphatic carbocycles. The number of nitrogens with one attached hydrogen (secondary N) is 2. The van der Waals surface area contributed by atoms with E-state index in [1.54, 1.807) is 18.4 Å². The van der Waals surface area contributed by atoms with E-state index in [1.165, 1.54) is 4.88 Å². The molecular weight excluding hydrogens is 286 g/mol. The second kappa shape index (κ2) is 7.40. The summed E-state index contributed by atoms with van der Waals surface area (Å²) in [6.45, 7) is 6.75. The van der Waals surface area contributed by atoms with Gasteiger partial charge in [0.15, 0.2) is 5.96 Å². The number of aryl methyl sites for hydroxylation is 2. The molecule has 0 bridgehead atoms. The average molecular weight is 309 g/mol. The highest BCUT2D eigenvalue weighted by atomic mass is 32.1. The summed E-state index contributed by atoms with van der Waals surface area (Å²) >= 11 is 1.68. The molecule has 2 N–H and O–H groups in total. The van der Waals surface area contributed by atoms with Gasteiger partial charge in [-0.2, -0.15) is 0 Å². The standard InChI is InChI=1S/C14H23N5OS/c1-10-11(2)21-12(18-10)8-16-14(15-3)17-9-13(20)19-6-4-5-7-19/h4-9H2,1-3H3,(H2,15,16,17). The third-order valence-electron chi connectivity index (χ3n) is 3.57. The molecule has 1 amide bonds. The maximum Gasteiger partial charge on any atom is 0.241 e. The fourth-order valence-electron chi connectivity index (χ4n) is 2.23. The molecule has 0 atom stereocenters. The molecule has 1 fully saturated rings. The Balaban J connectivity index is 1.76. The number of aliphatic imine (C=N–C) groups is 1. The molecule has 1 saturated heterocycles. The first-order chi connectivity index (χ1) is 10.1. The van der Waals surface area contributed by atoms with Gasteiger partial charge in [-0.3, -0.25) is 9.79 Å². The van der Waals surface area contributed by atoms with E-state index in [9.17, 15) is 4.79 Å². The SMILES string of the molecule is CN=C(NCC(=O)N1CCCC1)NCc1nc(C)c(C)s1. The molecule has 2 heterocycles. The number of carbonyl (C=O) groups excluding carboxylic acids is 1. The van der Waals surface area contributed by atoms with Crippen molar-refractivity contribution < 1.29 is 4.79 Å². The van der Waals surface area contributed by atoms with Gasteiger partial charge in [0.05, 0.1) is 18.8 Å². The molecule has 6 nitrogen and oxygen atoms in total. The Labute approximate surface area is 129 Å². The number of carbonyl (C=O) groups is 1. The van der Waals surface area contributed by atoms with Crippen LogP contribution >= 0.6 is 11.3 Å². The van der Waals surface area contributed by atoms with Crippen molar-refractivity contribution in [2.24, 2.45) is 4.99 Å². The fourth-order valence-corrected chi connectivity index (χ4v) is 3.11. The Morgan fingerprint density at radius 3 is 2.62 bits per heavy atom. The lowest BCUT2D eigenvalue weighted by atomic mass is 10.4. The fraction of sp³-hybridized carbons (Fsp3) is 0.643. The van der Waals surface area contributed by atoms with Crippen LogP contribution in [0.3, 0.4) is 0 Å². The Morgan fingerprint density at radius 1 is 1.33 bits per heavy atom. The summed E-state index contributed by atoms with van der Waals surface area (Å²) in [6, 6.07) is 0. The Bertz CT molecular complexity index is 500. The van der Waals surface area contributed by atoms with Gasteiger partial charge in [-0.15, -0.1) is 11.3 Å². The van der Waals surface area contributed by atoms with Gasteiger partial charge < -0.3 is 15.5 Å². The smallest absolute Gasteiger partial charge is 0.241 e. The van der Waals surface area contributed by atoms with Crippen LogP contribution in [0.4, 0.5) is 0 Å². The highest BCUT2D eigenvalue weighted by Gasteiger charge is 2.17. The van der Waals surface area contributed by atoms with Gasteiger partial charge in [-0.1, -0.05) is 0 Å². The third-order valence-corrected chi connectivity index (χ3v) is 4.64. The Hall–Kier alpha value is -1.63. The van der Waals surface area contributed by atoms with Crippen LogP contribution in [-0.4, -0.2) is 48.4 Å². The zero-order chi connectivity index (χ0) is 15.2. The number of likely N-dealkylation sites (tertiary alicyclic amines) is 1. The maximum atomic E-state index is 12.0. The normalized spacial score (nSPS) is 15.4. The van der Waals surface area contributed by atoms with Crippen LogP contribution in [0.25, 0.3) is 0 Å². The number of guanidine groups is 1. The summed E-state index contributed by atoms with van der Waals surface area (Å²) in [4.78, 5) is 23.7. The van der Waals surface area contributed by atoms with Crippen LogP contribution in [0.1, 0.15) is 28.4 Å². The first kappa shape index (κ1) is 15.8. The molecular formula is C14H23N5OS. The lowest BCUT2D eigenvalue weighted by Gasteiger charge is -2.17. The minimum atomic E-state index is 0.136. The van der Waals surface area contributed by atoms with Crippen LogP contribution in [0.2, 0.25) is 0 Å². The number of nitrogens with zero attached hydrogens (tertiary/aromatic N) is 3. The van der Waals surface area contributed by atoms with E-state index in [4.69, 9.17) is 0 Å². The van der Waals surface area contributed by atoms with Crippen molar-refractivity contribution in [2.45, 2.75) is 33.2 Å². The monoisotopic (exact) mass is 309 g/mol. The highest BCUT2D eigenvalue weighted by molar-refractivity contribution is 7.11. The zero-order valence-corrected chi connectivity index (χ0v) is 13.7. The summed E-state index contributed by atoms with van der Waals surface area (Å²) in [5.41, 5.74) is 1.07. The molecule has 1 aliphatic rings. The van der Waals surface area contributed by atoms with Crippen molar-refractivity contribution in [1.82, 2.24) is 20.5 Å². The van der Waals surface area contributed by atoms with Crippen LogP contribution in [-0.2, 0) is 11.3 Å². The van der Waals surface area contributed by atoms with Gasteiger partial charge in [-0.25, -0.2) is 4.98 Å². The van der Waals surface area contributed by atoms with E-state index in [0.717, 1.165) is 36.6 Å². The van der Waals surface area contributed by atoms with Crippen molar-refractivity contribution >= 4 is 23.2 Å². The third kappa shape index (κ3) is 4.42. The lowest BCUT2D eigenvalue weighted by molar-refractivity contribution is -0.128. The Kier molecular flexibility index (Phi) is 5.55. The van der Waals surface area contributed by atoms with E-state index in [1.807, 2.05) is 11.8 Å². The van der Waals surface area contributed by atoms with Crippen molar-refractivity contribution in [1.29, 1.82) is 0 Å². The molecule has 1 aromatic heterocycles. The van der Waals surface area contributed by atoms with Gasteiger partial charge in [0.25, 0.3) is 0 Å². The van der Waals surface area contributed by atoms with Gasteiger partial charge in [0.1, 0.15) is 5.01 Å². The van der Waals surface area contributed by atoms with Gasteiger partial charge in [-0.05, 0) is 26.7 Å². The summed E-state index contributed by atoms with van der Waals surface area (Å²) < 4.78 is 0. The minimum absolute atomic E-state index is 0.136. The molecule has 0 spiro atoms. The molecule has 0 unspecified atom stereocenters. The molecule has 0 radical (unpaired) electrons. The lowest BCUT2D eigenvalue weighted by Crippen LogP contribution is -2.43. The number of thiazole rings is 1. The minimum Gasteiger partial charge on any atom is -0.350 e. The zero-order valence-electron chi connectivity index (χ0n) is 12.9. The van der Waals surface area contributed by atoms with Crippen molar-refractivity contribution in [3.63, 3.8) is 0 Å². The van der Waals surface area contributed by atoms with Gasteiger partial charge in [0, 0.05) is 25.0 Å². The quantitative estimate of drug-likeness (QED) is 0.644. The number of rotatable bonds is 4. The molecule has 2 rings (SSSR count). The number of hydrogen-bond donors (Lipinski definition) is 2. The molecule has 7 heteroatoms. The van der Waals surface area contributed by atoms with Crippen molar-refractivity contribution in [3.8, 4) is 0 Å². The molecule has 21 heavy (non-hydrogen) atoms. The van der Waals surface area contributed by atoms with Gasteiger partial charge >= 0.3 is 0 Å². The number of aromatic nitrogens is 1. The van der Waals surface area contributed by atoms with E-state index < -0.39 is 0 Å². The van der Waals surface area contributed by atoms with Crippen molar-refractivity contribution in [3.05, 3.63) is 15.6 Å². The maximum absolute atomic E-state index is 12.0. The summed E-state index contributed by atoms with van der Waals surface area (Å²) in [5.74, 6) is 0.768. The van der Waals surface area contributed by atoms with Crippen LogP contribution < -0.4 is 10.6 Å². The van der Waals surface area contributed by atoms with Gasteiger partial charge in [0.2, 0.25) is 5.91 Å². The molecule has 0 saturated carbocycles. The largest absolute Gasteiger partial charge is 0.350 e.